The van der Waals surface area contributed by atoms with Gasteiger partial charge in [-0.3, -0.25) is 9.59 Å². The lowest BCUT2D eigenvalue weighted by atomic mass is 9.44. The summed E-state index contributed by atoms with van der Waals surface area (Å²) >= 11 is 0. The van der Waals surface area contributed by atoms with Crippen LogP contribution in [0.15, 0.2) is 48.1 Å². The highest BCUT2D eigenvalue weighted by Gasteiger charge is 2.74. The molecule has 0 spiro atoms. The molecule has 7 heteroatoms. The molecule has 1 unspecified atom stereocenters. The van der Waals surface area contributed by atoms with E-state index in [1.54, 1.807) is 13.0 Å². The van der Waals surface area contributed by atoms with Crippen LogP contribution in [0.2, 0.25) is 0 Å². The molecule has 0 radical (unpaired) electrons. The summed E-state index contributed by atoms with van der Waals surface area (Å²) < 4.78 is 34.7. The van der Waals surface area contributed by atoms with Gasteiger partial charge < -0.3 is 19.3 Å². The number of benzene rings is 1. The summed E-state index contributed by atoms with van der Waals surface area (Å²) in [6.07, 6.45) is 5.41. The molecule has 37 heavy (non-hydrogen) atoms. The molecule has 0 saturated heterocycles. The molecule has 0 amide bonds. The van der Waals surface area contributed by atoms with Crippen LogP contribution in [0.25, 0.3) is 0 Å². The van der Waals surface area contributed by atoms with Crippen LogP contribution in [0.4, 0.5) is 4.39 Å². The van der Waals surface area contributed by atoms with Crippen LogP contribution < -0.4 is 4.74 Å². The summed E-state index contributed by atoms with van der Waals surface area (Å²) in [5, 5.41) is 11.6. The zero-order chi connectivity index (χ0) is 26.6. The number of ketones is 2. The second-order valence-corrected chi connectivity index (χ2v) is 11.7. The van der Waals surface area contributed by atoms with Gasteiger partial charge in [-0.25, -0.2) is 4.39 Å². The SMILES string of the molecule is COCO[C@]1(C(=O)COc2ccc(C)cc2)CC[C@H]2[C@@H]3CCC4=CC(=O)C=C[C@]4(C)[C@@]3(F)C(O)C[C@@]21C. The lowest BCUT2D eigenvalue weighted by Gasteiger charge is -2.63. The van der Waals surface area contributed by atoms with Crippen molar-refractivity contribution in [3.05, 3.63) is 53.6 Å². The number of alkyl halides is 1. The molecule has 7 atom stereocenters. The van der Waals surface area contributed by atoms with E-state index in [2.05, 4.69) is 0 Å². The summed E-state index contributed by atoms with van der Waals surface area (Å²) in [6, 6.07) is 7.48. The van der Waals surface area contributed by atoms with Crippen LogP contribution in [-0.2, 0) is 19.1 Å². The Morgan fingerprint density at radius 2 is 1.89 bits per heavy atom. The number of allylic oxidation sites excluding steroid dienone is 4. The average molecular weight is 513 g/mol. The summed E-state index contributed by atoms with van der Waals surface area (Å²) in [5.41, 5.74) is -3.27. The minimum absolute atomic E-state index is 0.0648. The van der Waals surface area contributed by atoms with Gasteiger partial charge in [0.25, 0.3) is 0 Å². The Balaban J connectivity index is 1.48. The molecule has 1 aromatic carbocycles. The molecule has 5 rings (SSSR count). The molecule has 1 N–H and O–H groups in total. The maximum atomic E-state index is 17.3. The predicted molar refractivity (Wildman–Crippen MR) is 136 cm³/mol. The molecular weight excluding hydrogens is 475 g/mol. The number of aliphatic hydroxyl groups excluding tert-OH is 1. The van der Waals surface area contributed by atoms with Crippen LogP contribution in [0.1, 0.15) is 51.5 Å². The predicted octanol–water partition coefficient (Wildman–Crippen LogP) is 4.67. The third-order valence-corrected chi connectivity index (χ3v) is 10.0. The number of hydrogen-bond acceptors (Lipinski definition) is 6. The van der Waals surface area contributed by atoms with Crippen LogP contribution in [0, 0.1) is 29.6 Å². The van der Waals surface area contributed by atoms with Gasteiger partial charge in [-0.1, -0.05) is 36.3 Å². The Bertz CT molecular complexity index is 1140. The topological polar surface area (TPSA) is 82.1 Å². The van der Waals surface area contributed by atoms with Gasteiger partial charge in [-0.05, 0) is 76.2 Å². The number of carbonyl (C=O) groups is 2. The Labute approximate surface area is 217 Å². The number of hydrogen-bond donors (Lipinski definition) is 1. The zero-order valence-corrected chi connectivity index (χ0v) is 22.1. The number of ether oxygens (including phenoxy) is 3. The first-order valence-electron chi connectivity index (χ1n) is 13.2. The van der Waals surface area contributed by atoms with Gasteiger partial charge in [-0.2, -0.15) is 0 Å². The van der Waals surface area contributed by atoms with Crippen molar-refractivity contribution in [2.45, 2.75) is 70.2 Å². The van der Waals surface area contributed by atoms with Crippen LogP contribution in [0.5, 0.6) is 5.75 Å². The fraction of sp³-hybridized carbons (Fsp3) is 0.600. The van der Waals surface area contributed by atoms with Crippen molar-refractivity contribution in [2.24, 2.45) is 22.7 Å². The van der Waals surface area contributed by atoms with Crippen molar-refractivity contribution in [3.8, 4) is 5.75 Å². The van der Waals surface area contributed by atoms with E-state index in [4.69, 9.17) is 14.2 Å². The van der Waals surface area contributed by atoms with Gasteiger partial charge in [0.2, 0.25) is 5.78 Å². The Morgan fingerprint density at radius 1 is 1.16 bits per heavy atom. The van der Waals surface area contributed by atoms with Crippen molar-refractivity contribution >= 4 is 11.6 Å². The van der Waals surface area contributed by atoms with E-state index in [1.807, 2.05) is 38.1 Å². The monoisotopic (exact) mass is 512 g/mol. The molecule has 6 nitrogen and oxygen atoms in total. The zero-order valence-electron chi connectivity index (χ0n) is 22.1. The molecule has 3 saturated carbocycles. The summed E-state index contributed by atoms with van der Waals surface area (Å²) in [7, 11) is 1.50. The van der Waals surface area contributed by atoms with Gasteiger partial charge in [0.1, 0.15) is 24.8 Å². The average Bonchev–Trinajstić information content (AvgIpc) is 3.16. The summed E-state index contributed by atoms with van der Waals surface area (Å²) in [6.45, 7) is 5.46. The smallest absolute Gasteiger partial charge is 0.202 e. The third-order valence-electron chi connectivity index (χ3n) is 10.0. The van der Waals surface area contributed by atoms with E-state index in [0.29, 0.717) is 31.4 Å². The third kappa shape index (κ3) is 3.68. The number of Topliss-reactive ketones (excluding diaryl/α,β-unsaturated/α-hetero) is 1. The van der Waals surface area contributed by atoms with Crippen molar-refractivity contribution < 1.29 is 33.3 Å². The van der Waals surface area contributed by atoms with Gasteiger partial charge in [-0.15, -0.1) is 0 Å². The molecule has 4 aliphatic rings. The first-order chi connectivity index (χ1) is 17.5. The number of rotatable bonds is 7. The minimum Gasteiger partial charge on any atom is -0.486 e. The number of aliphatic hydroxyl groups is 1. The van der Waals surface area contributed by atoms with Crippen molar-refractivity contribution in [3.63, 3.8) is 0 Å². The molecule has 0 aliphatic heterocycles. The van der Waals surface area contributed by atoms with E-state index < -0.39 is 34.1 Å². The Hall–Kier alpha value is -2.35. The van der Waals surface area contributed by atoms with E-state index in [9.17, 15) is 14.7 Å². The lowest BCUT2D eigenvalue weighted by molar-refractivity contribution is -0.237. The normalized spacial score (nSPS) is 40.4. The van der Waals surface area contributed by atoms with Crippen molar-refractivity contribution in [2.75, 3.05) is 20.5 Å². The fourth-order valence-electron chi connectivity index (χ4n) is 8.03. The molecule has 0 bridgehead atoms. The first kappa shape index (κ1) is 26.3. The molecule has 3 fully saturated rings. The number of aryl methyl sites for hydroxylation is 1. The largest absolute Gasteiger partial charge is 0.486 e. The number of halogens is 1. The van der Waals surface area contributed by atoms with E-state index >= 15 is 4.39 Å². The molecule has 0 heterocycles. The Kier molecular flexibility index (Phi) is 6.49. The molecule has 4 aliphatic carbocycles. The van der Waals surface area contributed by atoms with E-state index in [0.717, 1.165) is 11.1 Å². The Morgan fingerprint density at radius 3 is 2.59 bits per heavy atom. The van der Waals surface area contributed by atoms with E-state index in [-0.39, 0.29) is 37.3 Å². The highest BCUT2D eigenvalue weighted by molar-refractivity contribution is 6.01. The molecule has 1 aromatic rings. The minimum atomic E-state index is -1.95. The number of carbonyl (C=O) groups excluding carboxylic acids is 2. The second-order valence-electron chi connectivity index (χ2n) is 11.7. The lowest BCUT2D eigenvalue weighted by Crippen LogP contribution is -2.69. The van der Waals surface area contributed by atoms with Gasteiger partial charge in [0.15, 0.2) is 11.5 Å². The number of methoxy groups -OCH3 is 1. The molecule has 0 aromatic heterocycles. The van der Waals surface area contributed by atoms with Crippen molar-refractivity contribution in [1.29, 1.82) is 0 Å². The summed E-state index contributed by atoms with van der Waals surface area (Å²) in [5.74, 6) is -0.452. The van der Waals surface area contributed by atoms with Crippen LogP contribution >= 0.6 is 0 Å². The quantitative estimate of drug-likeness (QED) is 0.535. The van der Waals surface area contributed by atoms with Crippen LogP contribution in [-0.4, -0.2) is 54.6 Å². The van der Waals surface area contributed by atoms with Gasteiger partial charge in [0.05, 0.1) is 6.10 Å². The van der Waals surface area contributed by atoms with Crippen molar-refractivity contribution in [1.82, 2.24) is 0 Å². The van der Waals surface area contributed by atoms with Gasteiger partial charge >= 0.3 is 0 Å². The number of fused-ring (bicyclic) bond motifs is 5. The molecular formula is C30H37FO6. The summed E-state index contributed by atoms with van der Waals surface area (Å²) in [4.78, 5) is 26.0. The maximum absolute atomic E-state index is 17.3. The van der Waals surface area contributed by atoms with Crippen LogP contribution in [0.3, 0.4) is 0 Å². The fourth-order valence-corrected chi connectivity index (χ4v) is 8.03. The van der Waals surface area contributed by atoms with Gasteiger partial charge in [0, 0.05) is 23.9 Å². The highest BCUT2D eigenvalue weighted by atomic mass is 19.1. The standard InChI is InChI=1S/C30H37FO6/c1-19-5-8-22(9-6-19)36-17-26(34)29(37-18-35-4)14-12-23-24-10-7-20-15-21(32)11-13-27(20,2)30(24,31)25(33)16-28(23,29)3/h5-6,8-9,11,13,15,23-25,33H,7,10,12,14,16-18H2,1-4H3/t23-,24-,25?,27-,28-,29-,30-/m0/s1. The second kappa shape index (κ2) is 9.14. The molecule has 200 valence electrons. The highest BCUT2D eigenvalue weighted by Crippen LogP contribution is 2.70. The first-order valence-corrected chi connectivity index (χ1v) is 13.2. The van der Waals surface area contributed by atoms with E-state index in [1.165, 1.54) is 19.3 Å². The maximum Gasteiger partial charge on any atom is 0.202 e.